The summed E-state index contributed by atoms with van der Waals surface area (Å²) in [6.45, 7) is 0. The Balaban J connectivity index is 2.32. The molecule has 5 heteroatoms. The van der Waals surface area contributed by atoms with Gasteiger partial charge in [0.05, 0.1) is 11.2 Å². The quantitative estimate of drug-likeness (QED) is 0.731. The van der Waals surface area contributed by atoms with Crippen LogP contribution in [-0.2, 0) is 5.33 Å². The van der Waals surface area contributed by atoms with Crippen molar-refractivity contribution in [1.29, 1.82) is 0 Å². The lowest BCUT2D eigenvalue weighted by molar-refractivity contribution is 0.476. The molecular formula is C12H8BrCl2NO. The van der Waals surface area contributed by atoms with Crippen LogP contribution in [0.1, 0.15) is 5.56 Å². The fourth-order valence-corrected chi connectivity index (χ4v) is 2.10. The van der Waals surface area contributed by atoms with Crippen LogP contribution in [0.2, 0.25) is 10.0 Å². The number of rotatable bonds is 3. The molecule has 0 amide bonds. The maximum atomic E-state index is 5.93. The van der Waals surface area contributed by atoms with Crippen LogP contribution < -0.4 is 4.74 Å². The van der Waals surface area contributed by atoms with Crippen LogP contribution in [0, 0.1) is 0 Å². The lowest BCUT2D eigenvalue weighted by atomic mass is 10.2. The molecular weight excluding hydrogens is 325 g/mol. The van der Waals surface area contributed by atoms with Crippen molar-refractivity contribution in [3.05, 3.63) is 52.3 Å². The van der Waals surface area contributed by atoms with Gasteiger partial charge in [-0.3, -0.25) is 4.98 Å². The molecule has 17 heavy (non-hydrogen) atoms. The average Bonchev–Trinajstić information content (AvgIpc) is 2.29. The Bertz CT molecular complexity index is 534. The lowest BCUT2D eigenvalue weighted by Gasteiger charge is -2.09. The van der Waals surface area contributed by atoms with Gasteiger partial charge in [-0.05, 0) is 12.1 Å². The van der Waals surface area contributed by atoms with E-state index in [-0.39, 0.29) is 0 Å². The van der Waals surface area contributed by atoms with Crippen molar-refractivity contribution >= 4 is 39.1 Å². The Morgan fingerprint density at radius 2 is 1.94 bits per heavy atom. The summed E-state index contributed by atoms with van der Waals surface area (Å²) in [5.41, 5.74) is 1.01. The summed E-state index contributed by atoms with van der Waals surface area (Å²) in [6, 6.07) is 7.19. The van der Waals surface area contributed by atoms with Gasteiger partial charge in [0, 0.05) is 28.2 Å². The molecule has 0 spiro atoms. The van der Waals surface area contributed by atoms with Crippen LogP contribution in [0.4, 0.5) is 0 Å². The van der Waals surface area contributed by atoms with E-state index in [0.29, 0.717) is 26.9 Å². The van der Waals surface area contributed by atoms with Gasteiger partial charge >= 0.3 is 0 Å². The van der Waals surface area contributed by atoms with E-state index in [1.165, 1.54) is 0 Å². The average molecular weight is 333 g/mol. The molecule has 2 aromatic rings. The Kier molecular flexibility index (Phi) is 4.26. The first kappa shape index (κ1) is 12.7. The Hall–Kier alpha value is -0.770. The first-order valence-corrected chi connectivity index (χ1v) is 6.69. The highest BCUT2D eigenvalue weighted by Gasteiger charge is 2.05. The summed E-state index contributed by atoms with van der Waals surface area (Å²) in [4.78, 5) is 3.96. The van der Waals surface area contributed by atoms with E-state index < -0.39 is 0 Å². The third-order valence-electron chi connectivity index (χ3n) is 2.08. The summed E-state index contributed by atoms with van der Waals surface area (Å²) in [5.74, 6) is 1.28. The maximum Gasteiger partial charge on any atom is 0.147 e. The lowest BCUT2D eigenvalue weighted by Crippen LogP contribution is -1.90. The van der Waals surface area contributed by atoms with Gasteiger partial charge < -0.3 is 4.74 Å². The zero-order valence-electron chi connectivity index (χ0n) is 8.66. The predicted octanol–water partition coefficient (Wildman–Crippen LogP) is 5.08. The van der Waals surface area contributed by atoms with Gasteiger partial charge in [0.2, 0.25) is 0 Å². The molecule has 0 aliphatic heterocycles. The molecule has 2 nitrogen and oxygen atoms in total. The summed E-state index contributed by atoms with van der Waals surface area (Å²) >= 11 is 15.2. The second-order valence-corrected chi connectivity index (χ2v) is 4.76. The second-order valence-electron chi connectivity index (χ2n) is 3.33. The molecule has 0 aliphatic carbocycles. The van der Waals surface area contributed by atoms with Gasteiger partial charge in [0.15, 0.2) is 0 Å². The number of hydrogen-bond donors (Lipinski definition) is 0. The summed E-state index contributed by atoms with van der Waals surface area (Å²) in [7, 11) is 0. The van der Waals surface area contributed by atoms with Crippen molar-refractivity contribution in [3.8, 4) is 11.5 Å². The largest absolute Gasteiger partial charge is 0.455 e. The Morgan fingerprint density at radius 3 is 2.65 bits per heavy atom. The molecule has 2 rings (SSSR count). The molecule has 88 valence electrons. The highest BCUT2D eigenvalue weighted by atomic mass is 79.9. The van der Waals surface area contributed by atoms with Crippen LogP contribution in [0.25, 0.3) is 0 Å². The number of ether oxygens (including phenoxy) is 1. The minimum absolute atomic E-state index is 0.532. The van der Waals surface area contributed by atoms with Gasteiger partial charge in [-0.1, -0.05) is 45.2 Å². The third-order valence-corrected chi connectivity index (χ3v) is 3.13. The SMILES string of the molecule is Clc1cncc(Oc2cc(Cl)ccc2CBr)c1. The zero-order valence-corrected chi connectivity index (χ0v) is 11.8. The van der Waals surface area contributed by atoms with Crippen molar-refractivity contribution in [2.24, 2.45) is 0 Å². The second kappa shape index (κ2) is 5.71. The molecule has 1 heterocycles. The van der Waals surface area contributed by atoms with Gasteiger partial charge in [-0.2, -0.15) is 0 Å². The predicted molar refractivity (Wildman–Crippen MR) is 73.4 cm³/mol. The van der Waals surface area contributed by atoms with E-state index in [1.54, 1.807) is 24.5 Å². The number of pyridine rings is 1. The molecule has 0 N–H and O–H groups in total. The molecule has 0 bridgehead atoms. The fourth-order valence-electron chi connectivity index (χ4n) is 1.31. The first-order chi connectivity index (χ1) is 8.19. The monoisotopic (exact) mass is 331 g/mol. The summed E-state index contributed by atoms with van der Waals surface area (Å²) in [5, 5.41) is 1.85. The van der Waals surface area contributed by atoms with Crippen molar-refractivity contribution < 1.29 is 4.74 Å². The molecule has 0 saturated heterocycles. The van der Waals surface area contributed by atoms with Crippen LogP contribution in [0.15, 0.2) is 36.7 Å². The van der Waals surface area contributed by atoms with Gasteiger partial charge in [-0.15, -0.1) is 0 Å². The number of aromatic nitrogens is 1. The maximum absolute atomic E-state index is 5.93. The van der Waals surface area contributed by atoms with Gasteiger partial charge in [0.1, 0.15) is 11.5 Å². The molecule has 0 aliphatic rings. The van der Waals surface area contributed by atoms with Crippen LogP contribution in [-0.4, -0.2) is 4.98 Å². The number of halogens is 3. The van der Waals surface area contributed by atoms with E-state index in [1.807, 2.05) is 12.1 Å². The number of hydrogen-bond acceptors (Lipinski definition) is 2. The highest BCUT2D eigenvalue weighted by Crippen LogP contribution is 2.30. The van der Waals surface area contributed by atoms with Crippen molar-refractivity contribution in [3.63, 3.8) is 0 Å². The summed E-state index contributed by atoms with van der Waals surface area (Å²) in [6.07, 6.45) is 3.16. The van der Waals surface area contributed by atoms with E-state index in [2.05, 4.69) is 20.9 Å². The van der Waals surface area contributed by atoms with E-state index in [0.717, 1.165) is 5.56 Å². The van der Waals surface area contributed by atoms with Gasteiger partial charge in [0.25, 0.3) is 0 Å². The fraction of sp³-hybridized carbons (Fsp3) is 0.0833. The van der Waals surface area contributed by atoms with Crippen molar-refractivity contribution in [2.75, 3.05) is 0 Å². The minimum Gasteiger partial charge on any atom is -0.455 e. The molecule has 0 radical (unpaired) electrons. The topological polar surface area (TPSA) is 22.1 Å². The molecule has 0 saturated carbocycles. The first-order valence-electron chi connectivity index (χ1n) is 4.82. The summed E-state index contributed by atoms with van der Waals surface area (Å²) < 4.78 is 5.70. The molecule has 0 unspecified atom stereocenters. The van der Waals surface area contributed by atoms with Crippen LogP contribution in [0.5, 0.6) is 11.5 Å². The zero-order chi connectivity index (χ0) is 12.3. The Labute approximate surface area is 118 Å². The molecule has 0 fully saturated rings. The normalized spacial score (nSPS) is 10.3. The number of benzene rings is 1. The van der Waals surface area contributed by atoms with E-state index in [9.17, 15) is 0 Å². The number of alkyl halides is 1. The molecule has 1 aromatic heterocycles. The van der Waals surface area contributed by atoms with E-state index >= 15 is 0 Å². The van der Waals surface area contributed by atoms with Crippen molar-refractivity contribution in [2.45, 2.75) is 5.33 Å². The van der Waals surface area contributed by atoms with Crippen molar-refractivity contribution in [1.82, 2.24) is 4.98 Å². The van der Waals surface area contributed by atoms with Crippen LogP contribution in [0.3, 0.4) is 0 Å². The molecule has 1 aromatic carbocycles. The van der Waals surface area contributed by atoms with Gasteiger partial charge in [-0.25, -0.2) is 0 Å². The minimum atomic E-state index is 0.532. The smallest absolute Gasteiger partial charge is 0.147 e. The third kappa shape index (κ3) is 3.35. The number of nitrogens with zero attached hydrogens (tertiary/aromatic N) is 1. The molecule has 0 atom stereocenters. The van der Waals surface area contributed by atoms with E-state index in [4.69, 9.17) is 27.9 Å². The van der Waals surface area contributed by atoms with Crippen LogP contribution >= 0.6 is 39.1 Å². The Morgan fingerprint density at radius 1 is 1.12 bits per heavy atom. The highest BCUT2D eigenvalue weighted by molar-refractivity contribution is 9.08. The standard InChI is InChI=1S/C12H8BrCl2NO/c13-5-8-1-2-9(14)4-12(8)17-11-3-10(15)6-16-7-11/h1-4,6-7H,5H2.